The number of hydroxylamine groups is 1. The van der Waals surface area contributed by atoms with Gasteiger partial charge in [0, 0.05) is 18.7 Å². The molecule has 0 radical (unpaired) electrons. The summed E-state index contributed by atoms with van der Waals surface area (Å²) in [4.78, 5) is 19.2. The van der Waals surface area contributed by atoms with Crippen molar-refractivity contribution in [3.05, 3.63) is 35.2 Å². The summed E-state index contributed by atoms with van der Waals surface area (Å²) in [7, 11) is 0. The van der Waals surface area contributed by atoms with Crippen LogP contribution in [-0.4, -0.2) is 29.2 Å². The second-order valence-electron chi connectivity index (χ2n) is 5.03. The van der Waals surface area contributed by atoms with Crippen molar-refractivity contribution in [2.45, 2.75) is 19.3 Å². The minimum Gasteiger partial charge on any atom is -0.348 e. The molecule has 110 valence electrons. The molecule has 0 bridgehead atoms. The Morgan fingerprint density at radius 3 is 2.57 bits per heavy atom. The maximum absolute atomic E-state index is 11.9. The quantitative estimate of drug-likeness (QED) is 0.676. The van der Waals surface area contributed by atoms with E-state index in [-0.39, 0.29) is 0 Å². The van der Waals surface area contributed by atoms with Crippen molar-refractivity contribution >= 4 is 22.4 Å². The van der Waals surface area contributed by atoms with Gasteiger partial charge in [0.1, 0.15) is 4.88 Å². The summed E-state index contributed by atoms with van der Waals surface area (Å²) in [6.45, 7) is 1.95. The number of carbonyl (C=O) groups is 1. The lowest BCUT2D eigenvalue weighted by Gasteiger charge is -2.25. The third kappa shape index (κ3) is 2.91. The first-order valence-corrected chi connectivity index (χ1v) is 7.87. The molecular formula is C15H17N3O2S. The average molecular weight is 303 g/mol. The number of carbonyl (C=O) groups excluding carboxylic acids is 1. The van der Waals surface area contributed by atoms with Gasteiger partial charge in [0.15, 0.2) is 5.13 Å². The Hall–Kier alpha value is -1.92. The fourth-order valence-electron chi connectivity index (χ4n) is 2.53. The van der Waals surface area contributed by atoms with Gasteiger partial charge in [-0.05, 0) is 19.3 Å². The number of anilines is 1. The first-order valence-electron chi connectivity index (χ1n) is 7.05. The Kier molecular flexibility index (Phi) is 4.17. The molecule has 0 unspecified atom stereocenters. The number of rotatable bonds is 3. The van der Waals surface area contributed by atoms with Crippen LogP contribution < -0.4 is 10.4 Å². The molecule has 1 saturated heterocycles. The van der Waals surface area contributed by atoms with Crippen LogP contribution in [0.3, 0.4) is 0 Å². The van der Waals surface area contributed by atoms with Crippen LogP contribution in [0.4, 0.5) is 5.13 Å². The van der Waals surface area contributed by atoms with E-state index in [0.717, 1.165) is 36.6 Å². The molecule has 1 aromatic carbocycles. The maximum Gasteiger partial charge on any atom is 0.287 e. The van der Waals surface area contributed by atoms with E-state index >= 15 is 0 Å². The van der Waals surface area contributed by atoms with Gasteiger partial charge in [0.2, 0.25) is 0 Å². The lowest BCUT2D eigenvalue weighted by molar-refractivity contribution is 0.0711. The fourth-order valence-corrected chi connectivity index (χ4v) is 3.56. The number of aromatic nitrogens is 1. The Balaban J connectivity index is 2.01. The van der Waals surface area contributed by atoms with E-state index in [0.29, 0.717) is 10.6 Å². The first-order chi connectivity index (χ1) is 10.3. The van der Waals surface area contributed by atoms with E-state index in [1.807, 2.05) is 30.3 Å². The molecule has 2 heterocycles. The predicted molar refractivity (Wildman–Crippen MR) is 82.9 cm³/mol. The number of nitrogens with zero attached hydrogens (tertiary/aromatic N) is 2. The smallest absolute Gasteiger partial charge is 0.287 e. The van der Waals surface area contributed by atoms with Crippen LogP contribution >= 0.6 is 11.3 Å². The standard InChI is InChI=1S/C15H17N3O2S/c19-14(17-20)13-12(11-7-3-1-4-8-11)16-15(21-13)18-9-5-2-6-10-18/h1,3-4,7-8,20H,2,5-6,9-10H2,(H,17,19). The van der Waals surface area contributed by atoms with Crippen LogP contribution in [0.2, 0.25) is 0 Å². The highest BCUT2D eigenvalue weighted by atomic mass is 32.1. The highest BCUT2D eigenvalue weighted by Crippen LogP contribution is 2.34. The Morgan fingerprint density at radius 1 is 1.19 bits per heavy atom. The van der Waals surface area contributed by atoms with Gasteiger partial charge in [-0.2, -0.15) is 0 Å². The molecule has 0 aliphatic carbocycles. The molecule has 6 heteroatoms. The second-order valence-corrected chi connectivity index (χ2v) is 6.01. The van der Waals surface area contributed by atoms with E-state index in [1.165, 1.54) is 17.8 Å². The van der Waals surface area contributed by atoms with Crippen LogP contribution in [-0.2, 0) is 0 Å². The number of nitrogens with one attached hydrogen (secondary N) is 1. The van der Waals surface area contributed by atoms with Gasteiger partial charge in [-0.1, -0.05) is 41.7 Å². The molecule has 1 aliphatic rings. The maximum atomic E-state index is 11.9. The van der Waals surface area contributed by atoms with Crippen LogP contribution in [0.1, 0.15) is 28.9 Å². The summed E-state index contributed by atoms with van der Waals surface area (Å²) in [5, 5.41) is 9.80. The molecule has 2 N–H and O–H groups in total. The minimum absolute atomic E-state index is 0.448. The van der Waals surface area contributed by atoms with Crippen molar-refractivity contribution < 1.29 is 10.0 Å². The second kappa shape index (κ2) is 6.24. The molecule has 3 rings (SSSR count). The Bertz CT molecular complexity index is 621. The van der Waals surface area contributed by atoms with Gasteiger partial charge in [-0.3, -0.25) is 10.0 Å². The largest absolute Gasteiger partial charge is 0.348 e. The topological polar surface area (TPSA) is 65.5 Å². The number of hydrogen-bond donors (Lipinski definition) is 2. The van der Waals surface area contributed by atoms with E-state index in [9.17, 15) is 4.79 Å². The van der Waals surface area contributed by atoms with Gasteiger partial charge in [-0.15, -0.1) is 0 Å². The van der Waals surface area contributed by atoms with E-state index in [1.54, 1.807) is 5.48 Å². The molecule has 1 aromatic heterocycles. The fraction of sp³-hybridized carbons (Fsp3) is 0.333. The molecule has 5 nitrogen and oxygen atoms in total. The van der Waals surface area contributed by atoms with Crippen LogP contribution in [0.25, 0.3) is 11.3 Å². The number of thiazole rings is 1. The summed E-state index contributed by atoms with van der Waals surface area (Å²) in [6, 6.07) is 9.59. The molecule has 1 amide bonds. The van der Waals surface area contributed by atoms with Gasteiger partial charge in [-0.25, -0.2) is 10.5 Å². The lowest BCUT2D eigenvalue weighted by Crippen LogP contribution is -2.29. The van der Waals surface area contributed by atoms with Crippen molar-refractivity contribution in [3.8, 4) is 11.3 Å². The number of hydrogen-bond acceptors (Lipinski definition) is 5. The third-order valence-electron chi connectivity index (χ3n) is 3.60. The van der Waals surface area contributed by atoms with Gasteiger partial charge >= 0.3 is 0 Å². The summed E-state index contributed by atoms with van der Waals surface area (Å²) in [5.74, 6) is -0.505. The van der Waals surface area contributed by atoms with Crippen LogP contribution in [0, 0.1) is 0 Å². The zero-order valence-electron chi connectivity index (χ0n) is 11.6. The molecule has 1 aliphatic heterocycles. The third-order valence-corrected chi connectivity index (χ3v) is 4.71. The Labute approximate surface area is 127 Å². The normalized spacial score (nSPS) is 15.0. The summed E-state index contributed by atoms with van der Waals surface area (Å²) < 4.78 is 0. The predicted octanol–water partition coefficient (Wildman–Crippen LogP) is 2.92. The van der Waals surface area contributed by atoms with Gasteiger partial charge in [0.05, 0.1) is 5.69 Å². The van der Waals surface area contributed by atoms with Crippen molar-refractivity contribution in [2.75, 3.05) is 18.0 Å². The molecule has 21 heavy (non-hydrogen) atoms. The van der Waals surface area contributed by atoms with Crippen LogP contribution in [0.15, 0.2) is 30.3 Å². The van der Waals surface area contributed by atoms with E-state index < -0.39 is 5.91 Å². The molecule has 1 fully saturated rings. The summed E-state index contributed by atoms with van der Waals surface area (Å²) >= 11 is 1.34. The number of amides is 1. The number of piperidine rings is 1. The van der Waals surface area contributed by atoms with Crippen molar-refractivity contribution in [2.24, 2.45) is 0 Å². The lowest BCUT2D eigenvalue weighted by atomic mass is 10.1. The molecule has 0 spiro atoms. The van der Waals surface area contributed by atoms with Gasteiger partial charge in [0.25, 0.3) is 5.91 Å². The zero-order chi connectivity index (χ0) is 14.7. The SMILES string of the molecule is O=C(NO)c1sc(N2CCCCC2)nc1-c1ccccc1. The van der Waals surface area contributed by atoms with Gasteiger partial charge < -0.3 is 4.90 Å². The first kappa shape index (κ1) is 14.0. The van der Waals surface area contributed by atoms with Crippen molar-refractivity contribution in [1.29, 1.82) is 0 Å². The average Bonchev–Trinajstić information content (AvgIpc) is 3.01. The summed E-state index contributed by atoms with van der Waals surface area (Å²) in [5.41, 5.74) is 3.24. The molecule has 0 atom stereocenters. The molecule has 2 aromatic rings. The van der Waals surface area contributed by atoms with E-state index in [4.69, 9.17) is 5.21 Å². The highest BCUT2D eigenvalue weighted by molar-refractivity contribution is 7.18. The zero-order valence-corrected chi connectivity index (χ0v) is 12.4. The highest BCUT2D eigenvalue weighted by Gasteiger charge is 2.22. The monoisotopic (exact) mass is 303 g/mol. The number of benzene rings is 1. The molecular weight excluding hydrogens is 286 g/mol. The minimum atomic E-state index is -0.505. The van der Waals surface area contributed by atoms with Crippen molar-refractivity contribution in [3.63, 3.8) is 0 Å². The summed E-state index contributed by atoms with van der Waals surface area (Å²) in [6.07, 6.45) is 3.56. The van der Waals surface area contributed by atoms with Crippen LogP contribution in [0.5, 0.6) is 0 Å². The van der Waals surface area contributed by atoms with E-state index in [2.05, 4.69) is 9.88 Å². The van der Waals surface area contributed by atoms with Crippen molar-refractivity contribution in [1.82, 2.24) is 10.5 Å². The molecule has 0 saturated carbocycles. The Morgan fingerprint density at radius 2 is 1.90 bits per heavy atom.